The lowest BCUT2D eigenvalue weighted by Crippen LogP contribution is -2.03. The van der Waals surface area contributed by atoms with Crippen LogP contribution in [0.4, 0.5) is 4.39 Å². The van der Waals surface area contributed by atoms with Gasteiger partial charge in [-0.15, -0.1) is 0 Å². The Labute approximate surface area is 112 Å². The molecule has 0 saturated carbocycles. The van der Waals surface area contributed by atoms with Gasteiger partial charge in [-0.2, -0.15) is 4.98 Å². The van der Waals surface area contributed by atoms with Crippen LogP contribution in [0.25, 0.3) is 0 Å². The van der Waals surface area contributed by atoms with E-state index >= 15 is 0 Å². The Bertz CT molecular complexity index is 557. The highest BCUT2D eigenvalue weighted by molar-refractivity contribution is 9.10. The van der Waals surface area contributed by atoms with Gasteiger partial charge >= 0.3 is 6.01 Å². The van der Waals surface area contributed by atoms with Crippen molar-refractivity contribution >= 4 is 15.9 Å². The molecule has 1 heterocycles. The summed E-state index contributed by atoms with van der Waals surface area (Å²) in [6, 6.07) is 4.41. The van der Waals surface area contributed by atoms with Crippen molar-refractivity contribution < 1.29 is 9.13 Å². The Kier molecular flexibility index (Phi) is 3.88. The summed E-state index contributed by atoms with van der Waals surface area (Å²) in [5, 5.41) is 0. The van der Waals surface area contributed by atoms with Crippen molar-refractivity contribution in [1.29, 1.82) is 0 Å². The van der Waals surface area contributed by atoms with Crippen molar-refractivity contribution in [3.8, 4) is 11.8 Å². The van der Waals surface area contributed by atoms with E-state index in [1.165, 1.54) is 12.1 Å². The number of benzene rings is 1. The smallest absolute Gasteiger partial charge is 0.322 e. The Morgan fingerprint density at radius 2 is 2.17 bits per heavy atom. The number of aryl methyl sites for hydroxylation is 1. The molecule has 1 aromatic heterocycles. The maximum Gasteiger partial charge on any atom is 0.322 e. The molecule has 0 fully saturated rings. The van der Waals surface area contributed by atoms with Gasteiger partial charge in [0.1, 0.15) is 11.6 Å². The minimum absolute atomic E-state index is 0.169. The molecule has 18 heavy (non-hydrogen) atoms. The first-order valence-corrected chi connectivity index (χ1v) is 6.04. The van der Waals surface area contributed by atoms with Gasteiger partial charge in [0.15, 0.2) is 0 Å². The highest BCUT2D eigenvalue weighted by atomic mass is 79.9. The normalized spacial score (nSPS) is 10.4. The number of nitrogens with two attached hydrogens (primary N) is 1. The summed E-state index contributed by atoms with van der Waals surface area (Å²) in [7, 11) is 0. The lowest BCUT2D eigenvalue weighted by Gasteiger charge is -2.07. The molecule has 0 atom stereocenters. The van der Waals surface area contributed by atoms with Crippen molar-refractivity contribution in [3.05, 3.63) is 45.9 Å². The first kappa shape index (κ1) is 12.9. The molecule has 0 aliphatic rings. The number of nitrogens with zero attached hydrogens (tertiary/aromatic N) is 2. The predicted octanol–water partition coefficient (Wildman–Crippen LogP) is 2.94. The largest absolute Gasteiger partial charge is 0.424 e. The van der Waals surface area contributed by atoms with Crippen LogP contribution in [0.2, 0.25) is 0 Å². The number of rotatable bonds is 3. The molecular weight excluding hydrogens is 301 g/mol. The van der Waals surface area contributed by atoms with Gasteiger partial charge in [0.25, 0.3) is 0 Å². The molecule has 0 amide bonds. The van der Waals surface area contributed by atoms with Crippen LogP contribution in [0.1, 0.15) is 11.3 Å². The van der Waals surface area contributed by atoms with Gasteiger partial charge in [-0.05, 0) is 19.1 Å². The summed E-state index contributed by atoms with van der Waals surface area (Å²) in [4.78, 5) is 8.16. The molecule has 94 valence electrons. The molecule has 0 unspecified atom stereocenters. The first-order valence-electron chi connectivity index (χ1n) is 5.25. The summed E-state index contributed by atoms with van der Waals surface area (Å²) in [6.07, 6.45) is 1.60. The minimum atomic E-state index is -0.394. The highest BCUT2D eigenvalue weighted by Crippen LogP contribution is 2.24. The number of ether oxygens (including phenoxy) is 1. The average Bonchev–Trinajstić information content (AvgIpc) is 2.27. The third-order valence-electron chi connectivity index (χ3n) is 2.32. The molecule has 1 aromatic carbocycles. The van der Waals surface area contributed by atoms with Gasteiger partial charge in [-0.25, -0.2) is 9.37 Å². The van der Waals surface area contributed by atoms with Gasteiger partial charge in [0.2, 0.25) is 0 Å². The maximum absolute atomic E-state index is 13.2. The van der Waals surface area contributed by atoms with Crippen molar-refractivity contribution in [3.63, 3.8) is 0 Å². The van der Waals surface area contributed by atoms with Crippen LogP contribution in [0.5, 0.6) is 11.8 Å². The third-order valence-corrected chi connectivity index (χ3v) is 2.78. The standard InChI is InChI=1S/C12H11BrFN3O/c1-7-8(5-15)6-16-12(17-7)18-11-3-9(13)2-10(14)4-11/h2-4,6H,5,15H2,1H3. The Hall–Kier alpha value is -1.53. The Morgan fingerprint density at radius 3 is 2.78 bits per heavy atom. The molecule has 0 saturated heterocycles. The van der Waals surface area contributed by atoms with E-state index in [4.69, 9.17) is 10.5 Å². The molecule has 6 heteroatoms. The number of hydrogen-bond donors (Lipinski definition) is 1. The molecule has 4 nitrogen and oxygen atoms in total. The van der Waals surface area contributed by atoms with Crippen molar-refractivity contribution in [2.45, 2.75) is 13.5 Å². The molecule has 0 radical (unpaired) electrons. The maximum atomic E-state index is 13.2. The van der Waals surface area contributed by atoms with Crippen LogP contribution in [-0.4, -0.2) is 9.97 Å². The molecule has 2 aromatic rings. The van der Waals surface area contributed by atoms with Crippen molar-refractivity contribution in [1.82, 2.24) is 9.97 Å². The van der Waals surface area contributed by atoms with Crippen molar-refractivity contribution in [2.24, 2.45) is 5.73 Å². The Balaban J connectivity index is 2.25. The third kappa shape index (κ3) is 3.02. The summed E-state index contributed by atoms with van der Waals surface area (Å²) < 4.78 is 19.1. The zero-order chi connectivity index (χ0) is 13.1. The summed E-state index contributed by atoms with van der Waals surface area (Å²) >= 11 is 3.19. The van der Waals surface area contributed by atoms with E-state index in [9.17, 15) is 4.39 Å². The summed E-state index contributed by atoms with van der Waals surface area (Å²) in [5.41, 5.74) is 7.11. The van der Waals surface area contributed by atoms with E-state index in [0.29, 0.717) is 16.8 Å². The average molecular weight is 312 g/mol. The van der Waals surface area contributed by atoms with E-state index in [0.717, 1.165) is 11.3 Å². The van der Waals surface area contributed by atoms with Gasteiger partial charge in [0.05, 0.1) is 0 Å². The summed E-state index contributed by atoms with van der Waals surface area (Å²) in [6.45, 7) is 2.19. The molecule has 2 N–H and O–H groups in total. The zero-order valence-corrected chi connectivity index (χ0v) is 11.2. The molecule has 0 spiro atoms. The molecular formula is C12H11BrFN3O. The molecule has 0 aliphatic heterocycles. The molecule has 0 aliphatic carbocycles. The van der Waals surface area contributed by atoms with E-state index in [-0.39, 0.29) is 6.01 Å². The minimum Gasteiger partial charge on any atom is -0.424 e. The fraction of sp³-hybridized carbons (Fsp3) is 0.167. The number of halogens is 2. The van der Waals surface area contributed by atoms with E-state index < -0.39 is 5.82 Å². The van der Waals surface area contributed by atoms with Crippen LogP contribution in [-0.2, 0) is 6.54 Å². The van der Waals surface area contributed by atoms with E-state index in [2.05, 4.69) is 25.9 Å². The lowest BCUT2D eigenvalue weighted by atomic mass is 10.2. The quantitative estimate of drug-likeness (QED) is 0.946. The topological polar surface area (TPSA) is 61.0 Å². The van der Waals surface area contributed by atoms with Crippen LogP contribution in [0, 0.1) is 12.7 Å². The predicted molar refractivity (Wildman–Crippen MR) is 68.8 cm³/mol. The lowest BCUT2D eigenvalue weighted by molar-refractivity contribution is 0.435. The zero-order valence-electron chi connectivity index (χ0n) is 9.65. The van der Waals surface area contributed by atoms with Crippen molar-refractivity contribution in [2.75, 3.05) is 0 Å². The van der Waals surface area contributed by atoms with Crippen LogP contribution in [0.3, 0.4) is 0 Å². The van der Waals surface area contributed by atoms with E-state index in [1.807, 2.05) is 6.92 Å². The van der Waals surface area contributed by atoms with Crippen LogP contribution >= 0.6 is 15.9 Å². The fourth-order valence-corrected chi connectivity index (χ4v) is 1.86. The van der Waals surface area contributed by atoms with Gasteiger partial charge in [-0.1, -0.05) is 15.9 Å². The number of aromatic nitrogens is 2. The van der Waals surface area contributed by atoms with Crippen LogP contribution in [0.15, 0.2) is 28.9 Å². The van der Waals surface area contributed by atoms with Gasteiger partial charge in [-0.3, -0.25) is 0 Å². The monoisotopic (exact) mass is 311 g/mol. The SMILES string of the molecule is Cc1nc(Oc2cc(F)cc(Br)c2)ncc1CN. The first-order chi connectivity index (χ1) is 8.58. The second-order valence-electron chi connectivity index (χ2n) is 3.67. The highest BCUT2D eigenvalue weighted by Gasteiger charge is 2.06. The second-order valence-corrected chi connectivity index (χ2v) is 4.59. The molecule has 0 bridgehead atoms. The van der Waals surface area contributed by atoms with Gasteiger partial charge < -0.3 is 10.5 Å². The summed E-state index contributed by atoms with van der Waals surface area (Å²) in [5.74, 6) is -0.0588. The van der Waals surface area contributed by atoms with Gasteiger partial charge in [0, 0.05) is 34.5 Å². The fourth-order valence-electron chi connectivity index (χ4n) is 1.41. The van der Waals surface area contributed by atoms with E-state index in [1.54, 1.807) is 12.3 Å². The Morgan fingerprint density at radius 1 is 1.39 bits per heavy atom. The van der Waals surface area contributed by atoms with Crippen LogP contribution < -0.4 is 10.5 Å². The molecule has 2 rings (SSSR count). The number of hydrogen-bond acceptors (Lipinski definition) is 4. The second kappa shape index (κ2) is 5.41.